The first-order valence-electron chi connectivity index (χ1n) is 11.2. The van der Waals surface area contributed by atoms with Crippen LogP contribution < -0.4 is 5.32 Å². The molecule has 0 aromatic heterocycles. The number of ether oxygens (including phenoxy) is 1. The molecular weight excluding hydrogens is 404 g/mol. The fraction of sp³-hybridized carbons (Fsp3) is 0.423. The van der Waals surface area contributed by atoms with Crippen molar-refractivity contribution in [2.45, 2.75) is 38.7 Å². The number of hydrogen-bond donors (Lipinski definition) is 1. The van der Waals surface area contributed by atoms with Gasteiger partial charge in [-0.3, -0.25) is 14.4 Å². The van der Waals surface area contributed by atoms with E-state index in [2.05, 4.69) is 23.5 Å². The zero-order chi connectivity index (χ0) is 22.7. The number of carbonyl (C=O) groups excluding carboxylic acids is 3. The van der Waals surface area contributed by atoms with Crippen LogP contribution in [0.1, 0.15) is 32.3 Å². The average molecular weight is 435 g/mol. The normalized spacial score (nSPS) is 22.8. The van der Waals surface area contributed by atoms with E-state index >= 15 is 0 Å². The second kappa shape index (κ2) is 9.15. The van der Waals surface area contributed by atoms with E-state index in [1.165, 1.54) is 0 Å². The van der Waals surface area contributed by atoms with Crippen LogP contribution in [0.25, 0.3) is 11.1 Å². The van der Waals surface area contributed by atoms with Crippen LogP contribution in [0.5, 0.6) is 0 Å². The number of hydrogen-bond acceptors (Lipinski definition) is 4. The van der Waals surface area contributed by atoms with Gasteiger partial charge in [0.25, 0.3) is 0 Å². The summed E-state index contributed by atoms with van der Waals surface area (Å²) in [6.45, 7) is 4.95. The minimum Gasteiger partial charge on any atom is -0.459 e. The van der Waals surface area contributed by atoms with Crippen molar-refractivity contribution in [1.82, 2.24) is 10.2 Å². The first-order valence-corrected chi connectivity index (χ1v) is 11.2. The van der Waals surface area contributed by atoms with Crippen molar-refractivity contribution in [3.8, 4) is 11.1 Å². The number of esters is 1. The molecule has 32 heavy (non-hydrogen) atoms. The van der Waals surface area contributed by atoms with Gasteiger partial charge in [0.2, 0.25) is 11.8 Å². The Hall–Kier alpha value is -3.15. The van der Waals surface area contributed by atoms with E-state index in [-0.39, 0.29) is 30.1 Å². The molecule has 2 aliphatic heterocycles. The molecule has 0 unspecified atom stereocenters. The van der Waals surface area contributed by atoms with Crippen LogP contribution >= 0.6 is 0 Å². The van der Waals surface area contributed by atoms with Gasteiger partial charge >= 0.3 is 5.97 Å². The fourth-order valence-electron chi connectivity index (χ4n) is 4.71. The van der Waals surface area contributed by atoms with E-state index < -0.39 is 11.5 Å². The molecule has 4 rings (SSSR count). The summed E-state index contributed by atoms with van der Waals surface area (Å²) in [4.78, 5) is 39.7. The van der Waals surface area contributed by atoms with Gasteiger partial charge in [0.15, 0.2) is 0 Å². The van der Waals surface area contributed by atoms with Gasteiger partial charge in [-0.2, -0.15) is 0 Å². The standard InChI is InChI=1S/C26H30N2O4/c1-26(2)16-20(25(31)32-26)15-23(29)28-13-12-27-24(30)21(17-28)14-19-10-6-7-11-22(19)18-8-4-3-5-9-18/h3-11,20-21H,12-17H2,1-2H3,(H,27,30)/t20-,21+/m1/s1. The van der Waals surface area contributed by atoms with Gasteiger partial charge in [-0.1, -0.05) is 54.6 Å². The molecule has 168 valence electrons. The summed E-state index contributed by atoms with van der Waals surface area (Å²) in [6.07, 6.45) is 1.21. The third-order valence-corrected chi connectivity index (χ3v) is 6.28. The van der Waals surface area contributed by atoms with Crippen molar-refractivity contribution in [2.75, 3.05) is 19.6 Å². The minimum atomic E-state index is -0.526. The summed E-state index contributed by atoms with van der Waals surface area (Å²) in [5, 5.41) is 2.95. The molecular formula is C26H30N2O4. The summed E-state index contributed by atoms with van der Waals surface area (Å²) < 4.78 is 5.37. The molecule has 0 bridgehead atoms. The third kappa shape index (κ3) is 5.01. The third-order valence-electron chi connectivity index (χ3n) is 6.28. The van der Waals surface area contributed by atoms with Gasteiger partial charge in [0, 0.05) is 32.5 Å². The largest absolute Gasteiger partial charge is 0.459 e. The Bertz CT molecular complexity index is 1000. The van der Waals surface area contributed by atoms with Crippen molar-refractivity contribution >= 4 is 17.8 Å². The van der Waals surface area contributed by atoms with E-state index in [1.807, 2.05) is 50.2 Å². The van der Waals surface area contributed by atoms with Crippen LogP contribution in [0.2, 0.25) is 0 Å². The number of cyclic esters (lactones) is 1. The first kappa shape index (κ1) is 22.1. The van der Waals surface area contributed by atoms with Crippen molar-refractivity contribution in [1.29, 1.82) is 0 Å². The molecule has 0 spiro atoms. The summed E-state index contributed by atoms with van der Waals surface area (Å²) in [6, 6.07) is 18.2. The number of rotatable bonds is 5. The van der Waals surface area contributed by atoms with Gasteiger partial charge < -0.3 is 15.0 Å². The summed E-state index contributed by atoms with van der Waals surface area (Å²) >= 11 is 0. The van der Waals surface area contributed by atoms with E-state index in [1.54, 1.807) is 4.90 Å². The predicted molar refractivity (Wildman–Crippen MR) is 122 cm³/mol. The Kier molecular flexibility index (Phi) is 6.31. The number of nitrogens with one attached hydrogen (secondary N) is 1. The van der Waals surface area contributed by atoms with Crippen molar-refractivity contribution in [2.24, 2.45) is 11.8 Å². The minimum absolute atomic E-state index is 0.0374. The van der Waals surface area contributed by atoms with Gasteiger partial charge in [-0.25, -0.2) is 0 Å². The highest BCUT2D eigenvalue weighted by Crippen LogP contribution is 2.33. The molecule has 2 saturated heterocycles. The Labute approximate surface area is 188 Å². The van der Waals surface area contributed by atoms with E-state index in [0.717, 1.165) is 16.7 Å². The lowest BCUT2D eigenvalue weighted by Crippen LogP contribution is -2.38. The molecule has 0 saturated carbocycles. The highest BCUT2D eigenvalue weighted by molar-refractivity contribution is 5.86. The zero-order valence-corrected chi connectivity index (χ0v) is 18.7. The fourth-order valence-corrected chi connectivity index (χ4v) is 4.71. The van der Waals surface area contributed by atoms with Gasteiger partial charge in [0.05, 0.1) is 11.8 Å². The maximum Gasteiger partial charge on any atom is 0.310 e. The SMILES string of the molecule is CC1(C)C[C@@H](CC(=O)N2CCNC(=O)[C@@H](Cc3ccccc3-c3ccccc3)C2)C(=O)O1. The highest BCUT2D eigenvalue weighted by Gasteiger charge is 2.41. The molecule has 6 nitrogen and oxygen atoms in total. The van der Waals surface area contributed by atoms with Gasteiger partial charge in [0.1, 0.15) is 5.60 Å². The molecule has 2 heterocycles. The smallest absolute Gasteiger partial charge is 0.310 e. The van der Waals surface area contributed by atoms with Gasteiger partial charge in [-0.15, -0.1) is 0 Å². The van der Waals surface area contributed by atoms with Crippen molar-refractivity contribution in [3.63, 3.8) is 0 Å². The molecule has 2 aliphatic rings. The van der Waals surface area contributed by atoms with Crippen LogP contribution in [-0.4, -0.2) is 47.9 Å². The predicted octanol–water partition coefficient (Wildman–Crippen LogP) is 3.20. The second-order valence-corrected chi connectivity index (χ2v) is 9.34. The molecule has 2 atom stereocenters. The Morgan fingerprint density at radius 3 is 2.50 bits per heavy atom. The van der Waals surface area contributed by atoms with E-state index in [4.69, 9.17) is 4.74 Å². The number of benzene rings is 2. The molecule has 0 radical (unpaired) electrons. The Balaban J connectivity index is 1.48. The summed E-state index contributed by atoms with van der Waals surface area (Å²) in [7, 11) is 0. The molecule has 0 aliphatic carbocycles. The molecule has 2 amide bonds. The lowest BCUT2D eigenvalue weighted by molar-refractivity contribution is -0.150. The Morgan fingerprint density at radius 2 is 1.78 bits per heavy atom. The lowest BCUT2D eigenvalue weighted by Gasteiger charge is -2.24. The van der Waals surface area contributed by atoms with Crippen molar-refractivity contribution < 1.29 is 19.1 Å². The van der Waals surface area contributed by atoms with Crippen LogP contribution in [0.4, 0.5) is 0 Å². The number of nitrogens with zero attached hydrogens (tertiary/aromatic N) is 1. The van der Waals surface area contributed by atoms with Crippen LogP contribution in [0.15, 0.2) is 54.6 Å². The quantitative estimate of drug-likeness (QED) is 0.734. The number of amides is 2. The topological polar surface area (TPSA) is 75.7 Å². The van der Waals surface area contributed by atoms with Gasteiger partial charge in [-0.05, 0) is 37.0 Å². The molecule has 2 aromatic rings. The van der Waals surface area contributed by atoms with E-state index in [0.29, 0.717) is 32.5 Å². The maximum absolute atomic E-state index is 13.0. The Morgan fingerprint density at radius 1 is 1.06 bits per heavy atom. The number of carbonyl (C=O) groups is 3. The van der Waals surface area contributed by atoms with Crippen molar-refractivity contribution in [3.05, 3.63) is 60.2 Å². The monoisotopic (exact) mass is 434 g/mol. The zero-order valence-electron chi connectivity index (χ0n) is 18.7. The first-order chi connectivity index (χ1) is 15.3. The van der Waals surface area contributed by atoms with Crippen LogP contribution in [-0.2, 0) is 25.5 Å². The highest BCUT2D eigenvalue weighted by atomic mass is 16.6. The average Bonchev–Trinajstić information content (AvgIpc) is 2.91. The summed E-state index contributed by atoms with van der Waals surface area (Å²) in [5.41, 5.74) is 2.75. The molecule has 1 N–H and O–H groups in total. The van der Waals surface area contributed by atoms with E-state index in [9.17, 15) is 14.4 Å². The summed E-state index contributed by atoms with van der Waals surface area (Å²) in [5.74, 6) is -1.20. The van der Waals surface area contributed by atoms with Crippen LogP contribution in [0.3, 0.4) is 0 Å². The molecule has 2 aromatic carbocycles. The maximum atomic E-state index is 13.0. The second-order valence-electron chi connectivity index (χ2n) is 9.34. The van der Waals surface area contributed by atoms with Crippen LogP contribution in [0, 0.1) is 11.8 Å². The lowest BCUT2D eigenvalue weighted by atomic mass is 9.91. The molecule has 2 fully saturated rings. The molecule has 6 heteroatoms.